The molecule has 0 aliphatic carbocycles. The predicted molar refractivity (Wildman–Crippen MR) is 48.8 cm³/mol. The molecule has 0 aliphatic rings. The Morgan fingerprint density at radius 1 is 1.43 bits per heavy atom. The summed E-state index contributed by atoms with van der Waals surface area (Å²) in [6, 6.07) is 0. The van der Waals surface area contributed by atoms with E-state index in [-0.39, 0.29) is 6.61 Å². The van der Waals surface area contributed by atoms with Gasteiger partial charge in [-0.2, -0.15) is 4.98 Å². The molecule has 0 amide bonds. The van der Waals surface area contributed by atoms with Crippen LogP contribution >= 0.6 is 0 Å². The standard InChI is InChI=1S/C8H15N3O3/c12-4-6-13-5-3-9-2-1-8-10-7-11-14-8/h7,9,12H,1-6H2. The van der Waals surface area contributed by atoms with Gasteiger partial charge >= 0.3 is 0 Å². The second-order valence-corrected chi connectivity index (χ2v) is 2.67. The Kier molecular flexibility index (Phi) is 5.89. The van der Waals surface area contributed by atoms with Crippen molar-refractivity contribution >= 4 is 0 Å². The van der Waals surface area contributed by atoms with Crippen LogP contribution in [-0.2, 0) is 11.2 Å². The molecule has 0 saturated carbocycles. The van der Waals surface area contributed by atoms with Gasteiger partial charge in [-0.1, -0.05) is 5.16 Å². The summed E-state index contributed by atoms with van der Waals surface area (Å²) in [5.74, 6) is 0.633. The molecule has 0 atom stereocenters. The highest BCUT2D eigenvalue weighted by atomic mass is 16.5. The number of rotatable bonds is 8. The molecule has 0 aromatic carbocycles. The Labute approximate surface area is 82.3 Å². The number of nitrogens with zero attached hydrogens (tertiary/aromatic N) is 2. The van der Waals surface area contributed by atoms with E-state index < -0.39 is 0 Å². The Bertz CT molecular complexity index is 216. The number of hydrogen-bond acceptors (Lipinski definition) is 6. The van der Waals surface area contributed by atoms with E-state index in [0.29, 0.717) is 19.1 Å². The summed E-state index contributed by atoms with van der Waals surface area (Å²) < 4.78 is 9.87. The van der Waals surface area contributed by atoms with Gasteiger partial charge in [-0.15, -0.1) is 0 Å². The minimum atomic E-state index is 0.0714. The van der Waals surface area contributed by atoms with Crippen LogP contribution in [0.1, 0.15) is 5.89 Å². The predicted octanol–water partition coefficient (Wildman–Crippen LogP) is -0.789. The van der Waals surface area contributed by atoms with Gasteiger partial charge in [0.1, 0.15) is 0 Å². The van der Waals surface area contributed by atoms with Crippen molar-refractivity contribution in [2.75, 3.05) is 32.9 Å². The minimum absolute atomic E-state index is 0.0714. The summed E-state index contributed by atoms with van der Waals surface area (Å²) in [5.41, 5.74) is 0. The second-order valence-electron chi connectivity index (χ2n) is 2.67. The number of aromatic nitrogens is 2. The van der Waals surface area contributed by atoms with E-state index in [1.807, 2.05) is 0 Å². The molecular formula is C8H15N3O3. The van der Waals surface area contributed by atoms with Crippen LogP contribution in [0.3, 0.4) is 0 Å². The van der Waals surface area contributed by atoms with Crippen LogP contribution in [0.4, 0.5) is 0 Å². The Hall–Kier alpha value is -0.980. The third kappa shape index (κ3) is 4.90. The molecule has 0 bridgehead atoms. The largest absolute Gasteiger partial charge is 0.394 e. The highest BCUT2D eigenvalue weighted by Gasteiger charge is 1.97. The molecule has 1 aromatic heterocycles. The average molecular weight is 201 g/mol. The maximum absolute atomic E-state index is 8.42. The van der Waals surface area contributed by atoms with Gasteiger partial charge in [-0.25, -0.2) is 0 Å². The molecule has 80 valence electrons. The molecule has 6 heteroatoms. The van der Waals surface area contributed by atoms with Crippen LogP contribution in [0.25, 0.3) is 0 Å². The summed E-state index contributed by atoms with van der Waals surface area (Å²) in [6.45, 7) is 2.61. The van der Waals surface area contributed by atoms with E-state index in [1.54, 1.807) is 0 Å². The SMILES string of the molecule is OCCOCCNCCc1ncno1. The van der Waals surface area contributed by atoms with Gasteiger partial charge in [0.2, 0.25) is 5.89 Å². The van der Waals surface area contributed by atoms with E-state index in [4.69, 9.17) is 14.4 Å². The van der Waals surface area contributed by atoms with Crippen LogP contribution in [0, 0.1) is 0 Å². The number of ether oxygens (including phenoxy) is 1. The normalized spacial score (nSPS) is 10.6. The molecule has 0 radical (unpaired) electrons. The lowest BCUT2D eigenvalue weighted by molar-refractivity contribution is 0.0940. The van der Waals surface area contributed by atoms with Crippen molar-refractivity contribution < 1.29 is 14.4 Å². The second kappa shape index (κ2) is 7.43. The maximum Gasteiger partial charge on any atom is 0.227 e. The molecule has 0 spiro atoms. The Balaban J connectivity index is 1.85. The molecule has 14 heavy (non-hydrogen) atoms. The zero-order chi connectivity index (χ0) is 10.1. The van der Waals surface area contributed by atoms with Crippen molar-refractivity contribution in [3.05, 3.63) is 12.2 Å². The fourth-order valence-electron chi connectivity index (χ4n) is 0.937. The van der Waals surface area contributed by atoms with E-state index in [9.17, 15) is 0 Å². The first-order chi connectivity index (χ1) is 6.93. The van der Waals surface area contributed by atoms with E-state index in [1.165, 1.54) is 6.33 Å². The van der Waals surface area contributed by atoms with Gasteiger partial charge in [-0.05, 0) is 0 Å². The first-order valence-corrected chi connectivity index (χ1v) is 4.58. The maximum atomic E-state index is 8.42. The fraction of sp³-hybridized carbons (Fsp3) is 0.750. The van der Waals surface area contributed by atoms with Crippen LogP contribution in [0.5, 0.6) is 0 Å². The van der Waals surface area contributed by atoms with Crippen molar-refractivity contribution in [2.24, 2.45) is 0 Å². The number of nitrogens with one attached hydrogen (secondary N) is 1. The molecule has 2 N–H and O–H groups in total. The highest BCUT2D eigenvalue weighted by Crippen LogP contribution is 1.89. The third-order valence-electron chi connectivity index (χ3n) is 1.58. The first-order valence-electron chi connectivity index (χ1n) is 4.58. The monoisotopic (exact) mass is 201 g/mol. The van der Waals surface area contributed by atoms with Crippen LogP contribution in [0.15, 0.2) is 10.9 Å². The molecule has 1 heterocycles. The molecule has 1 aromatic rings. The van der Waals surface area contributed by atoms with Crippen molar-refractivity contribution in [3.8, 4) is 0 Å². The van der Waals surface area contributed by atoms with Crippen molar-refractivity contribution in [3.63, 3.8) is 0 Å². The lowest BCUT2D eigenvalue weighted by Crippen LogP contribution is -2.22. The molecule has 6 nitrogen and oxygen atoms in total. The van der Waals surface area contributed by atoms with Gasteiger partial charge < -0.3 is 19.7 Å². The summed E-state index contributed by atoms with van der Waals surface area (Å²) in [7, 11) is 0. The molecule has 0 saturated heterocycles. The summed E-state index contributed by atoms with van der Waals surface area (Å²) >= 11 is 0. The Morgan fingerprint density at radius 2 is 2.36 bits per heavy atom. The van der Waals surface area contributed by atoms with Crippen molar-refractivity contribution in [1.82, 2.24) is 15.5 Å². The fourth-order valence-corrected chi connectivity index (χ4v) is 0.937. The Morgan fingerprint density at radius 3 is 3.07 bits per heavy atom. The molecule has 1 rings (SSSR count). The molecular weight excluding hydrogens is 186 g/mol. The number of aliphatic hydroxyl groups is 1. The van der Waals surface area contributed by atoms with Gasteiger partial charge in [0, 0.05) is 19.5 Å². The quantitative estimate of drug-likeness (QED) is 0.536. The zero-order valence-electron chi connectivity index (χ0n) is 7.98. The van der Waals surface area contributed by atoms with Gasteiger partial charge in [0.25, 0.3) is 0 Å². The first kappa shape index (κ1) is 11.1. The molecule has 0 aliphatic heterocycles. The summed E-state index contributed by atoms with van der Waals surface area (Å²) in [6.07, 6.45) is 2.11. The molecule has 0 fully saturated rings. The van der Waals surface area contributed by atoms with E-state index >= 15 is 0 Å². The zero-order valence-corrected chi connectivity index (χ0v) is 7.98. The third-order valence-corrected chi connectivity index (χ3v) is 1.58. The van der Waals surface area contributed by atoms with Crippen LogP contribution in [-0.4, -0.2) is 48.2 Å². The van der Waals surface area contributed by atoms with E-state index in [0.717, 1.165) is 19.5 Å². The molecule has 0 unspecified atom stereocenters. The van der Waals surface area contributed by atoms with Crippen LogP contribution < -0.4 is 5.32 Å². The summed E-state index contributed by atoms with van der Waals surface area (Å²) in [4.78, 5) is 3.88. The van der Waals surface area contributed by atoms with Gasteiger partial charge in [0.15, 0.2) is 6.33 Å². The van der Waals surface area contributed by atoms with E-state index in [2.05, 4.69) is 15.5 Å². The lowest BCUT2D eigenvalue weighted by atomic mass is 10.4. The average Bonchev–Trinajstić information content (AvgIpc) is 2.69. The van der Waals surface area contributed by atoms with Gasteiger partial charge in [0.05, 0.1) is 19.8 Å². The van der Waals surface area contributed by atoms with Crippen LogP contribution in [0.2, 0.25) is 0 Å². The van der Waals surface area contributed by atoms with Crippen molar-refractivity contribution in [1.29, 1.82) is 0 Å². The highest BCUT2D eigenvalue weighted by molar-refractivity contribution is 4.74. The number of aliphatic hydroxyl groups excluding tert-OH is 1. The van der Waals surface area contributed by atoms with Gasteiger partial charge in [-0.3, -0.25) is 0 Å². The lowest BCUT2D eigenvalue weighted by Gasteiger charge is -2.03. The topological polar surface area (TPSA) is 80.4 Å². The smallest absolute Gasteiger partial charge is 0.227 e. The number of hydrogen-bond donors (Lipinski definition) is 2. The summed E-state index contributed by atoms with van der Waals surface area (Å²) in [5, 5.41) is 15.1. The van der Waals surface area contributed by atoms with Crippen molar-refractivity contribution in [2.45, 2.75) is 6.42 Å². The minimum Gasteiger partial charge on any atom is -0.394 e.